The molecule has 1 aliphatic heterocycles. The molecule has 0 N–H and O–H groups in total. The topological polar surface area (TPSA) is 12.9 Å². The van der Waals surface area contributed by atoms with Crippen LogP contribution < -0.4 is 0 Å². The van der Waals surface area contributed by atoms with Crippen LogP contribution >= 0.6 is 23.4 Å². The molecule has 0 amide bonds. The van der Waals surface area contributed by atoms with Gasteiger partial charge in [0, 0.05) is 17.4 Å². The Kier molecular flexibility index (Phi) is 2.61. The van der Waals surface area contributed by atoms with Crippen molar-refractivity contribution in [3.63, 3.8) is 0 Å². The van der Waals surface area contributed by atoms with Crippen molar-refractivity contribution >= 4 is 23.4 Å². The summed E-state index contributed by atoms with van der Waals surface area (Å²) in [5, 5.41) is 3.34. The van der Waals surface area contributed by atoms with Crippen molar-refractivity contribution in [2.45, 2.75) is 18.1 Å². The Morgan fingerprint density at radius 2 is 2.38 bits per heavy atom. The minimum absolute atomic E-state index is 0.422. The highest BCUT2D eigenvalue weighted by atomic mass is 35.5. The van der Waals surface area contributed by atoms with E-state index in [4.69, 9.17) is 11.6 Å². The van der Waals surface area contributed by atoms with Crippen molar-refractivity contribution < 1.29 is 0 Å². The largest absolute Gasteiger partial charge is 0.244 e. The van der Waals surface area contributed by atoms with Crippen LogP contribution in [0.4, 0.5) is 0 Å². The van der Waals surface area contributed by atoms with Gasteiger partial charge >= 0.3 is 0 Å². The van der Waals surface area contributed by atoms with E-state index < -0.39 is 0 Å². The quantitative estimate of drug-likeness (QED) is 0.660. The zero-order chi connectivity index (χ0) is 9.26. The Bertz CT molecular complexity index is 337. The van der Waals surface area contributed by atoms with E-state index in [1.165, 1.54) is 0 Å². The van der Waals surface area contributed by atoms with E-state index in [-0.39, 0.29) is 0 Å². The minimum Gasteiger partial charge on any atom is -0.244 e. The van der Waals surface area contributed by atoms with Crippen LogP contribution in [0.2, 0.25) is 5.15 Å². The number of hydrogen-bond acceptors (Lipinski definition) is 2. The lowest BCUT2D eigenvalue weighted by molar-refractivity contribution is 0.834. The van der Waals surface area contributed by atoms with E-state index >= 15 is 0 Å². The molecule has 0 radical (unpaired) electrons. The molecule has 1 aromatic heterocycles. The van der Waals surface area contributed by atoms with Crippen molar-refractivity contribution in [3.05, 3.63) is 40.5 Å². The van der Waals surface area contributed by atoms with Gasteiger partial charge in [0.25, 0.3) is 0 Å². The predicted octanol–water partition coefficient (Wildman–Crippen LogP) is 3.47. The monoisotopic (exact) mass is 211 g/mol. The Morgan fingerprint density at radius 3 is 3.00 bits per heavy atom. The summed E-state index contributed by atoms with van der Waals surface area (Å²) in [6.07, 6.45) is 3.92. The molecule has 68 valence electrons. The second-order valence-corrected chi connectivity index (χ2v) is 4.72. The second-order valence-electron chi connectivity index (χ2n) is 3.08. The molecule has 2 rings (SSSR count). The lowest BCUT2D eigenvalue weighted by atomic mass is 9.98. The van der Waals surface area contributed by atoms with E-state index in [1.54, 1.807) is 6.20 Å². The third-order valence-electron chi connectivity index (χ3n) is 2.23. The summed E-state index contributed by atoms with van der Waals surface area (Å²) in [4.78, 5) is 4.08. The average Bonchev–Trinajstić information content (AvgIpc) is 2.52. The molecule has 0 bridgehead atoms. The van der Waals surface area contributed by atoms with Gasteiger partial charge in [0.1, 0.15) is 5.15 Å². The number of thioether (sulfide) groups is 1. The number of aromatic nitrogens is 1. The molecule has 2 atom stereocenters. The van der Waals surface area contributed by atoms with Crippen LogP contribution in [0.15, 0.2) is 29.8 Å². The van der Waals surface area contributed by atoms with Gasteiger partial charge in [-0.05, 0) is 17.0 Å². The molecule has 0 saturated heterocycles. The van der Waals surface area contributed by atoms with Crippen LogP contribution in [0, 0.1) is 0 Å². The van der Waals surface area contributed by atoms with Crippen LogP contribution in [0.1, 0.15) is 18.4 Å². The van der Waals surface area contributed by atoms with Gasteiger partial charge in [-0.1, -0.05) is 30.7 Å². The van der Waals surface area contributed by atoms with Crippen molar-refractivity contribution in [1.82, 2.24) is 4.98 Å². The molecule has 0 fully saturated rings. The van der Waals surface area contributed by atoms with Gasteiger partial charge in [-0.25, -0.2) is 4.98 Å². The second kappa shape index (κ2) is 3.72. The first-order valence-corrected chi connectivity index (χ1v) is 5.53. The van der Waals surface area contributed by atoms with E-state index in [9.17, 15) is 0 Å². The van der Waals surface area contributed by atoms with Crippen LogP contribution in [-0.2, 0) is 0 Å². The maximum atomic E-state index is 6.02. The van der Waals surface area contributed by atoms with Gasteiger partial charge in [0.05, 0.1) is 0 Å². The predicted molar refractivity (Wildman–Crippen MR) is 58.2 cm³/mol. The molecule has 0 aliphatic carbocycles. The number of allylic oxidation sites excluding steroid dienone is 1. The molecule has 2 heterocycles. The number of hydrogen-bond donors (Lipinski definition) is 0. The van der Waals surface area contributed by atoms with Gasteiger partial charge in [-0.2, -0.15) is 0 Å². The summed E-state index contributed by atoms with van der Waals surface area (Å²) >= 11 is 7.86. The molecule has 3 heteroatoms. The van der Waals surface area contributed by atoms with Crippen molar-refractivity contribution in [3.8, 4) is 0 Å². The van der Waals surface area contributed by atoms with Gasteiger partial charge < -0.3 is 0 Å². The molecule has 0 aromatic carbocycles. The van der Waals surface area contributed by atoms with Gasteiger partial charge in [-0.15, -0.1) is 11.8 Å². The molecular weight excluding hydrogens is 202 g/mol. The van der Waals surface area contributed by atoms with Crippen LogP contribution in [-0.4, -0.2) is 10.2 Å². The Morgan fingerprint density at radius 1 is 1.54 bits per heavy atom. The van der Waals surface area contributed by atoms with E-state index in [1.807, 2.05) is 23.9 Å². The lowest BCUT2D eigenvalue weighted by Crippen LogP contribution is -2.06. The summed E-state index contributed by atoms with van der Waals surface area (Å²) in [6.45, 7) is 2.21. The SMILES string of the molecule is CC1SC=CC1c1cccnc1Cl. The zero-order valence-electron chi connectivity index (χ0n) is 7.27. The van der Waals surface area contributed by atoms with Crippen LogP contribution in [0.3, 0.4) is 0 Å². The van der Waals surface area contributed by atoms with Gasteiger partial charge in [0.15, 0.2) is 0 Å². The minimum atomic E-state index is 0.422. The molecule has 1 nitrogen and oxygen atoms in total. The summed E-state index contributed by atoms with van der Waals surface area (Å²) in [5.74, 6) is 0.422. The standard InChI is InChI=1S/C10H10ClNS/c1-7-8(4-6-13-7)9-3-2-5-12-10(9)11/h2-8H,1H3. The maximum absolute atomic E-state index is 6.02. The van der Waals surface area contributed by atoms with Crippen molar-refractivity contribution in [1.29, 1.82) is 0 Å². The molecule has 1 aliphatic rings. The summed E-state index contributed by atoms with van der Waals surface area (Å²) < 4.78 is 0. The third-order valence-corrected chi connectivity index (χ3v) is 3.58. The number of pyridine rings is 1. The zero-order valence-corrected chi connectivity index (χ0v) is 8.85. The fourth-order valence-corrected chi connectivity index (χ4v) is 2.66. The highest BCUT2D eigenvalue weighted by Gasteiger charge is 2.22. The molecule has 2 unspecified atom stereocenters. The fourth-order valence-electron chi connectivity index (χ4n) is 1.50. The number of halogens is 1. The summed E-state index contributed by atoms with van der Waals surface area (Å²) in [6, 6.07) is 3.98. The van der Waals surface area contributed by atoms with E-state index in [2.05, 4.69) is 23.4 Å². The highest BCUT2D eigenvalue weighted by Crippen LogP contribution is 2.38. The normalized spacial score (nSPS) is 26.6. The van der Waals surface area contributed by atoms with Crippen LogP contribution in [0.5, 0.6) is 0 Å². The van der Waals surface area contributed by atoms with Gasteiger partial charge in [0.2, 0.25) is 0 Å². The van der Waals surface area contributed by atoms with Gasteiger partial charge in [-0.3, -0.25) is 0 Å². The molecular formula is C10H10ClNS. The first-order valence-electron chi connectivity index (χ1n) is 4.21. The Labute approximate surface area is 87.2 Å². The molecule has 0 spiro atoms. The third kappa shape index (κ3) is 1.74. The highest BCUT2D eigenvalue weighted by molar-refractivity contribution is 8.03. The summed E-state index contributed by atoms with van der Waals surface area (Å²) in [7, 11) is 0. The van der Waals surface area contributed by atoms with Crippen LogP contribution in [0.25, 0.3) is 0 Å². The average molecular weight is 212 g/mol. The summed E-state index contributed by atoms with van der Waals surface area (Å²) in [5.41, 5.74) is 1.14. The number of rotatable bonds is 1. The van der Waals surface area contributed by atoms with E-state index in [0.717, 1.165) is 5.56 Å². The molecule has 13 heavy (non-hydrogen) atoms. The van der Waals surface area contributed by atoms with Crippen molar-refractivity contribution in [2.24, 2.45) is 0 Å². The fraction of sp³-hybridized carbons (Fsp3) is 0.300. The first kappa shape index (κ1) is 9.10. The van der Waals surface area contributed by atoms with E-state index in [0.29, 0.717) is 16.3 Å². The molecule has 1 aromatic rings. The lowest BCUT2D eigenvalue weighted by Gasteiger charge is -2.14. The Hall–Kier alpha value is -0.470. The molecule has 0 saturated carbocycles. The Balaban J connectivity index is 2.35. The smallest absolute Gasteiger partial charge is 0.132 e. The maximum Gasteiger partial charge on any atom is 0.132 e. The van der Waals surface area contributed by atoms with Crippen molar-refractivity contribution in [2.75, 3.05) is 0 Å². The number of nitrogens with zero attached hydrogens (tertiary/aromatic N) is 1. The first-order chi connectivity index (χ1) is 6.29.